The van der Waals surface area contributed by atoms with Gasteiger partial charge in [0.2, 0.25) is 0 Å². The fourth-order valence-electron chi connectivity index (χ4n) is 3.53. The number of hydrogen-bond acceptors (Lipinski definition) is 6. The summed E-state index contributed by atoms with van der Waals surface area (Å²) in [5.41, 5.74) is 2.08. The van der Waals surface area contributed by atoms with Gasteiger partial charge in [-0.2, -0.15) is 0 Å². The summed E-state index contributed by atoms with van der Waals surface area (Å²) < 4.78 is 21.4. The van der Waals surface area contributed by atoms with Crippen molar-refractivity contribution >= 4 is 33.9 Å². The van der Waals surface area contributed by atoms with Crippen LogP contribution in [0.2, 0.25) is 0 Å². The van der Waals surface area contributed by atoms with E-state index in [2.05, 4.69) is 13.0 Å². The van der Waals surface area contributed by atoms with Gasteiger partial charge in [-0.05, 0) is 43.9 Å². The van der Waals surface area contributed by atoms with E-state index in [9.17, 15) is 9.59 Å². The maximum absolute atomic E-state index is 12.2. The lowest BCUT2D eigenvalue weighted by Gasteiger charge is -2.19. The van der Waals surface area contributed by atoms with E-state index < -0.39 is 12.3 Å². The van der Waals surface area contributed by atoms with E-state index >= 15 is 0 Å². The normalized spacial score (nSPS) is 10.8. The molecule has 0 unspecified atom stereocenters. The Morgan fingerprint density at radius 1 is 0.733 bits per heavy atom. The zero-order chi connectivity index (χ0) is 21.7. The van der Waals surface area contributed by atoms with Gasteiger partial charge in [0.25, 0.3) is 0 Å². The molecule has 0 aliphatic heterocycles. The van der Waals surface area contributed by atoms with E-state index in [4.69, 9.17) is 18.9 Å². The summed E-state index contributed by atoms with van der Waals surface area (Å²) in [7, 11) is 0. The Kier molecular flexibility index (Phi) is 6.77. The summed E-state index contributed by atoms with van der Waals surface area (Å²) in [5.74, 6) is 0.787. The topological polar surface area (TPSA) is 71.1 Å². The second-order valence-corrected chi connectivity index (χ2v) is 6.66. The lowest BCUT2D eigenvalue weighted by atomic mass is 9.93. The summed E-state index contributed by atoms with van der Waals surface area (Å²) in [6.45, 7) is 7.95. The molecule has 3 aromatic carbocycles. The van der Waals surface area contributed by atoms with Crippen LogP contribution in [0.3, 0.4) is 0 Å². The third-order valence-corrected chi connectivity index (χ3v) is 4.85. The largest absolute Gasteiger partial charge is 0.513 e. The predicted octanol–water partition coefficient (Wildman–Crippen LogP) is 6.19. The van der Waals surface area contributed by atoms with Crippen LogP contribution in [-0.4, -0.2) is 25.5 Å². The Labute approximate surface area is 175 Å². The number of rotatable bonds is 6. The van der Waals surface area contributed by atoms with Crippen molar-refractivity contribution in [2.45, 2.75) is 40.5 Å². The highest BCUT2D eigenvalue weighted by molar-refractivity contribution is 6.13. The summed E-state index contributed by atoms with van der Waals surface area (Å²) in [4.78, 5) is 24.4. The quantitative estimate of drug-likeness (QED) is 0.274. The van der Waals surface area contributed by atoms with Crippen molar-refractivity contribution in [2.75, 3.05) is 13.2 Å². The molecule has 0 spiro atoms. The second-order valence-electron chi connectivity index (χ2n) is 6.66. The molecule has 0 bridgehead atoms. The highest BCUT2D eigenvalue weighted by Crippen LogP contribution is 2.45. The molecule has 3 rings (SSSR count). The molecule has 30 heavy (non-hydrogen) atoms. The Morgan fingerprint density at radius 3 is 1.83 bits per heavy atom. The number of fused-ring (bicyclic) bond motifs is 2. The van der Waals surface area contributed by atoms with Gasteiger partial charge in [0, 0.05) is 21.5 Å². The monoisotopic (exact) mass is 410 g/mol. The lowest BCUT2D eigenvalue weighted by Crippen LogP contribution is -2.13. The van der Waals surface area contributed by atoms with Crippen LogP contribution in [0, 0.1) is 0 Å². The van der Waals surface area contributed by atoms with Gasteiger partial charge in [-0.1, -0.05) is 44.2 Å². The van der Waals surface area contributed by atoms with Gasteiger partial charge in [0.1, 0.15) is 5.75 Å². The van der Waals surface area contributed by atoms with Crippen molar-refractivity contribution in [2.24, 2.45) is 0 Å². The van der Waals surface area contributed by atoms with E-state index in [0.29, 0.717) is 34.1 Å². The molecular weight excluding hydrogens is 384 g/mol. The van der Waals surface area contributed by atoms with Gasteiger partial charge in [0.05, 0.1) is 13.2 Å². The highest BCUT2D eigenvalue weighted by atomic mass is 16.7. The average molecular weight is 410 g/mol. The van der Waals surface area contributed by atoms with E-state index in [1.165, 1.54) is 0 Å². The number of hydrogen-bond donors (Lipinski definition) is 0. The first-order valence-corrected chi connectivity index (χ1v) is 10.2. The van der Waals surface area contributed by atoms with Crippen LogP contribution in [0.1, 0.15) is 38.8 Å². The molecule has 0 fully saturated rings. The first-order chi connectivity index (χ1) is 14.5. The molecular formula is C24H26O6. The number of carbonyl (C=O) groups is 2. The van der Waals surface area contributed by atoms with Gasteiger partial charge in [0.15, 0.2) is 5.75 Å². The summed E-state index contributed by atoms with van der Waals surface area (Å²) in [6, 6.07) is 11.4. The number of ether oxygens (including phenoxy) is 4. The minimum Gasteiger partial charge on any atom is -0.434 e. The van der Waals surface area contributed by atoms with Crippen LogP contribution < -0.4 is 9.47 Å². The molecule has 0 amide bonds. The van der Waals surface area contributed by atoms with E-state index in [-0.39, 0.29) is 13.2 Å². The lowest BCUT2D eigenvalue weighted by molar-refractivity contribution is 0.103. The van der Waals surface area contributed by atoms with E-state index in [1.807, 2.05) is 37.3 Å². The average Bonchev–Trinajstić information content (AvgIpc) is 2.75. The number of aryl methyl sites for hydroxylation is 2. The van der Waals surface area contributed by atoms with Crippen molar-refractivity contribution in [3.05, 3.63) is 47.5 Å². The molecule has 6 nitrogen and oxygen atoms in total. The van der Waals surface area contributed by atoms with Crippen LogP contribution in [0.4, 0.5) is 9.59 Å². The van der Waals surface area contributed by atoms with Crippen LogP contribution in [0.5, 0.6) is 11.5 Å². The van der Waals surface area contributed by atoms with Gasteiger partial charge >= 0.3 is 12.3 Å². The standard InChI is InChI=1S/C24H26O6/c1-5-15-13-16(6-2)20-19(14-15)21(29-23(25)27-7-3)17-11-9-10-12-18(17)22(20)30-24(26)28-8-4/h9-14H,5-8H2,1-4H3. The molecule has 0 aliphatic rings. The molecule has 3 aromatic rings. The number of benzene rings is 3. The Hall–Kier alpha value is -3.28. The van der Waals surface area contributed by atoms with Crippen LogP contribution in [-0.2, 0) is 22.3 Å². The smallest absolute Gasteiger partial charge is 0.434 e. The van der Waals surface area contributed by atoms with Gasteiger partial charge < -0.3 is 18.9 Å². The van der Waals surface area contributed by atoms with E-state index in [1.54, 1.807) is 13.8 Å². The van der Waals surface area contributed by atoms with E-state index in [0.717, 1.165) is 22.9 Å². The molecule has 0 saturated heterocycles. The predicted molar refractivity (Wildman–Crippen MR) is 116 cm³/mol. The second kappa shape index (κ2) is 9.48. The highest BCUT2D eigenvalue weighted by Gasteiger charge is 2.23. The first kappa shape index (κ1) is 21.4. The fourth-order valence-corrected chi connectivity index (χ4v) is 3.53. The zero-order valence-corrected chi connectivity index (χ0v) is 17.7. The maximum atomic E-state index is 12.2. The molecule has 0 aromatic heterocycles. The van der Waals surface area contributed by atoms with Gasteiger partial charge in [-0.15, -0.1) is 0 Å². The minimum atomic E-state index is -0.775. The minimum absolute atomic E-state index is 0.208. The molecule has 0 saturated carbocycles. The maximum Gasteiger partial charge on any atom is 0.513 e. The van der Waals surface area contributed by atoms with Gasteiger partial charge in [-0.3, -0.25) is 0 Å². The summed E-state index contributed by atoms with van der Waals surface area (Å²) in [6.07, 6.45) is -0.0313. The van der Waals surface area contributed by atoms with Crippen molar-refractivity contribution in [3.8, 4) is 11.5 Å². The Morgan fingerprint density at radius 2 is 1.30 bits per heavy atom. The molecule has 0 aliphatic carbocycles. The zero-order valence-electron chi connectivity index (χ0n) is 17.7. The first-order valence-electron chi connectivity index (χ1n) is 10.2. The molecule has 6 heteroatoms. The molecule has 0 radical (unpaired) electrons. The van der Waals surface area contributed by atoms with Crippen molar-refractivity contribution in [1.29, 1.82) is 0 Å². The number of carbonyl (C=O) groups excluding carboxylic acids is 2. The van der Waals surface area contributed by atoms with Crippen LogP contribution in [0.15, 0.2) is 36.4 Å². The van der Waals surface area contributed by atoms with Crippen molar-refractivity contribution < 1.29 is 28.5 Å². The third-order valence-electron chi connectivity index (χ3n) is 4.85. The third kappa shape index (κ3) is 4.17. The SMILES string of the molecule is CCOC(=O)Oc1c2ccccc2c(OC(=O)OCC)c2c(CC)cc(CC)cc12. The molecule has 0 N–H and O–H groups in total. The van der Waals surface area contributed by atoms with Gasteiger partial charge in [-0.25, -0.2) is 9.59 Å². The van der Waals surface area contributed by atoms with Crippen molar-refractivity contribution in [3.63, 3.8) is 0 Å². The Bertz CT molecular complexity index is 1090. The van der Waals surface area contributed by atoms with Crippen LogP contribution in [0.25, 0.3) is 21.5 Å². The fraction of sp³-hybridized carbons (Fsp3) is 0.333. The molecule has 0 atom stereocenters. The van der Waals surface area contributed by atoms with Crippen molar-refractivity contribution in [1.82, 2.24) is 0 Å². The molecule has 158 valence electrons. The molecule has 0 heterocycles. The summed E-state index contributed by atoms with van der Waals surface area (Å²) in [5, 5.41) is 2.71. The van der Waals surface area contributed by atoms with Crippen LogP contribution >= 0.6 is 0 Å². The summed E-state index contributed by atoms with van der Waals surface area (Å²) >= 11 is 0. The Balaban J connectivity index is 2.41.